The van der Waals surface area contributed by atoms with Crippen molar-refractivity contribution in [3.8, 4) is 11.3 Å². The van der Waals surface area contributed by atoms with Gasteiger partial charge in [-0.25, -0.2) is 9.48 Å². The first-order valence-electron chi connectivity index (χ1n) is 6.07. The number of nitrogens with zero attached hydrogens (tertiary/aromatic N) is 4. The van der Waals surface area contributed by atoms with Gasteiger partial charge >= 0.3 is 5.97 Å². The lowest BCUT2D eigenvalue weighted by Crippen LogP contribution is -2.06. The van der Waals surface area contributed by atoms with E-state index in [1.165, 1.54) is 28.9 Å². The minimum absolute atomic E-state index is 0.0675. The number of rotatable bonds is 6. The fourth-order valence-electron chi connectivity index (χ4n) is 1.86. The number of aromatic nitrogens is 3. The van der Waals surface area contributed by atoms with Gasteiger partial charge in [0.15, 0.2) is 5.69 Å². The topological polar surface area (TPSA) is 131 Å². The zero-order chi connectivity index (χ0) is 15.4. The Balaban J connectivity index is 2.46. The van der Waals surface area contributed by atoms with E-state index in [0.717, 1.165) is 0 Å². The van der Waals surface area contributed by atoms with Crippen molar-refractivity contribution in [3.05, 3.63) is 40.1 Å². The SMILES string of the molecule is O=C(O)c1nnn(CCCO)c1-c1ccc([N+](=O)[O-])cc1. The molecule has 0 unspecified atom stereocenters. The number of hydrogen-bond acceptors (Lipinski definition) is 6. The van der Waals surface area contributed by atoms with Gasteiger partial charge in [0.05, 0.1) is 4.92 Å². The Morgan fingerprint density at radius 1 is 1.33 bits per heavy atom. The average molecular weight is 292 g/mol. The summed E-state index contributed by atoms with van der Waals surface area (Å²) in [6, 6.07) is 5.45. The molecule has 2 rings (SSSR count). The van der Waals surface area contributed by atoms with E-state index in [4.69, 9.17) is 10.2 Å². The van der Waals surface area contributed by atoms with Crippen molar-refractivity contribution in [3.63, 3.8) is 0 Å². The van der Waals surface area contributed by atoms with Crippen molar-refractivity contribution in [2.45, 2.75) is 13.0 Å². The van der Waals surface area contributed by atoms with Crippen LogP contribution >= 0.6 is 0 Å². The highest BCUT2D eigenvalue weighted by Crippen LogP contribution is 2.25. The highest BCUT2D eigenvalue weighted by atomic mass is 16.6. The maximum absolute atomic E-state index is 11.2. The molecular weight excluding hydrogens is 280 g/mol. The summed E-state index contributed by atoms with van der Waals surface area (Å²) in [5, 5.41) is 36.0. The second-order valence-electron chi connectivity index (χ2n) is 4.20. The van der Waals surface area contributed by atoms with E-state index in [2.05, 4.69) is 10.3 Å². The number of non-ortho nitro benzene ring substituents is 1. The Morgan fingerprint density at radius 3 is 2.52 bits per heavy atom. The molecule has 1 aromatic heterocycles. The predicted octanol–water partition coefficient (Wildman–Crippen LogP) is 0.934. The molecule has 110 valence electrons. The maximum atomic E-state index is 11.2. The summed E-state index contributed by atoms with van der Waals surface area (Å²) in [5.41, 5.74) is 0.388. The van der Waals surface area contributed by atoms with Gasteiger partial charge < -0.3 is 10.2 Å². The molecule has 0 spiro atoms. The molecule has 0 atom stereocenters. The number of benzene rings is 1. The van der Waals surface area contributed by atoms with Gasteiger partial charge in [-0.15, -0.1) is 5.10 Å². The minimum atomic E-state index is -1.24. The zero-order valence-electron chi connectivity index (χ0n) is 10.8. The van der Waals surface area contributed by atoms with Crippen LogP contribution < -0.4 is 0 Å². The van der Waals surface area contributed by atoms with E-state index in [9.17, 15) is 14.9 Å². The molecule has 1 heterocycles. The third-order valence-electron chi connectivity index (χ3n) is 2.82. The number of nitro benzene ring substituents is 1. The molecule has 9 heteroatoms. The summed E-state index contributed by atoms with van der Waals surface area (Å²) in [7, 11) is 0. The largest absolute Gasteiger partial charge is 0.476 e. The van der Waals surface area contributed by atoms with Crippen LogP contribution in [0.3, 0.4) is 0 Å². The van der Waals surface area contributed by atoms with Crippen molar-refractivity contribution < 1.29 is 19.9 Å². The number of aliphatic hydroxyl groups is 1. The average Bonchev–Trinajstić information content (AvgIpc) is 2.89. The summed E-state index contributed by atoms with van der Waals surface area (Å²) in [6.07, 6.45) is 0.391. The van der Waals surface area contributed by atoms with Crippen molar-refractivity contribution in [2.24, 2.45) is 0 Å². The number of carboxylic acid groups (broad SMARTS) is 1. The van der Waals surface area contributed by atoms with Crippen LogP contribution in [0, 0.1) is 10.1 Å². The lowest BCUT2D eigenvalue weighted by Gasteiger charge is -2.06. The summed E-state index contributed by atoms with van der Waals surface area (Å²) in [6.45, 7) is 0.227. The van der Waals surface area contributed by atoms with Gasteiger partial charge in [0.1, 0.15) is 5.69 Å². The molecule has 21 heavy (non-hydrogen) atoms. The number of aliphatic hydroxyl groups excluding tert-OH is 1. The molecule has 0 radical (unpaired) electrons. The quantitative estimate of drug-likeness (QED) is 0.598. The number of aryl methyl sites for hydroxylation is 1. The molecule has 9 nitrogen and oxygen atoms in total. The van der Waals surface area contributed by atoms with Crippen LogP contribution in [-0.4, -0.2) is 42.7 Å². The molecule has 0 aliphatic rings. The summed E-state index contributed by atoms with van der Waals surface area (Å²) in [5.74, 6) is -1.24. The van der Waals surface area contributed by atoms with Crippen molar-refractivity contribution in [1.29, 1.82) is 0 Å². The molecule has 0 bridgehead atoms. The molecule has 0 aliphatic heterocycles. The predicted molar refractivity (Wildman–Crippen MR) is 70.8 cm³/mol. The second kappa shape index (κ2) is 6.09. The summed E-state index contributed by atoms with van der Waals surface area (Å²) in [4.78, 5) is 21.3. The summed E-state index contributed by atoms with van der Waals surface area (Å²) >= 11 is 0. The maximum Gasteiger partial charge on any atom is 0.358 e. The minimum Gasteiger partial charge on any atom is -0.476 e. The van der Waals surface area contributed by atoms with Gasteiger partial charge in [-0.1, -0.05) is 5.21 Å². The molecule has 1 aromatic carbocycles. The third-order valence-corrected chi connectivity index (χ3v) is 2.82. The van der Waals surface area contributed by atoms with Crippen LogP contribution in [0.2, 0.25) is 0 Å². The van der Waals surface area contributed by atoms with Gasteiger partial charge in [0.25, 0.3) is 5.69 Å². The van der Waals surface area contributed by atoms with Gasteiger partial charge in [-0.3, -0.25) is 10.1 Å². The fraction of sp³-hybridized carbons (Fsp3) is 0.250. The van der Waals surface area contributed by atoms with Crippen molar-refractivity contribution in [2.75, 3.05) is 6.61 Å². The van der Waals surface area contributed by atoms with Gasteiger partial charge in [0.2, 0.25) is 0 Å². The van der Waals surface area contributed by atoms with Gasteiger partial charge in [0, 0.05) is 30.8 Å². The third kappa shape index (κ3) is 3.03. The van der Waals surface area contributed by atoms with E-state index < -0.39 is 10.9 Å². The number of hydrogen-bond donors (Lipinski definition) is 2. The first-order valence-corrected chi connectivity index (χ1v) is 6.07. The van der Waals surface area contributed by atoms with Crippen LogP contribution in [0.15, 0.2) is 24.3 Å². The number of carbonyl (C=O) groups is 1. The fourth-order valence-corrected chi connectivity index (χ4v) is 1.86. The van der Waals surface area contributed by atoms with Crippen LogP contribution in [0.5, 0.6) is 0 Å². The van der Waals surface area contributed by atoms with Gasteiger partial charge in [-0.05, 0) is 18.6 Å². The molecule has 2 N–H and O–H groups in total. The standard InChI is InChI=1S/C12H12N4O5/c17-7-1-6-15-11(10(12(18)19)13-14-15)8-2-4-9(5-3-8)16(20)21/h2-5,17H,1,6-7H2,(H,18,19). The smallest absolute Gasteiger partial charge is 0.358 e. The van der Waals surface area contributed by atoms with E-state index in [1.807, 2.05) is 0 Å². The number of carboxylic acids is 1. The van der Waals surface area contributed by atoms with Crippen molar-refractivity contribution >= 4 is 11.7 Å². The van der Waals surface area contributed by atoms with E-state index in [-0.39, 0.29) is 23.7 Å². The van der Waals surface area contributed by atoms with Crippen LogP contribution in [-0.2, 0) is 6.54 Å². The Kier molecular flexibility index (Phi) is 4.24. The summed E-state index contributed by atoms with van der Waals surface area (Å²) < 4.78 is 1.36. The van der Waals surface area contributed by atoms with Crippen LogP contribution in [0.25, 0.3) is 11.3 Å². The van der Waals surface area contributed by atoms with Crippen LogP contribution in [0.1, 0.15) is 16.9 Å². The van der Waals surface area contributed by atoms with E-state index in [0.29, 0.717) is 18.5 Å². The number of nitro groups is 1. The zero-order valence-corrected chi connectivity index (χ0v) is 10.8. The molecule has 2 aromatic rings. The van der Waals surface area contributed by atoms with E-state index >= 15 is 0 Å². The highest BCUT2D eigenvalue weighted by Gasteiger charge is 2.21. The van der Waals surface area contributed by atoms with Crippen LogP contribution in [0.4, 0.5) is 5.69 Å². The molecular formula is C12H12N4O5. The highest BCUT2D eigenvalue weighted by molar-refractivity contribution is 5.92. The van der Waals surface area contributed by atoms with Crippen molar-refractivity contribution in [1.82, 2.24) is 15.0 Å². The van der Waals surface area contributed by atoms with E-state index in [1.54, 1.807) is 0 Å². The Bertz CT molecular complexity index is 665. The lowest BCUT2D eigenvalue weighted by molar-refractivity contribution is -0.384. The lowest BCUT2D eigenvalue weighted by atomic mass is 10.1. The Hall–Kier alpha value is -2.81. The number of aromatic carboxylic acids is 1. The monoisotopic (exact) mass is 292 g/mol. The Morgan fingerprint density at radius 2 is 2.00 bits per heavy atom. The Labute approximate surface area is 118 Å². The molecule has 0 fully saturated rings. The molecule has 0 amide bonds. The normalized spacial score (nSPS) is 10.5. The van der Waals surface area contributed by atoms with Gasteiger partial charge in [-0.2, -0.15) is 0 Å². The first kappa shape index (κ1) is 14.6. The first-order chi connectivity index (χ1) is 10.0. The molecule has 0 saturated carbocycles. The second-order valence-corrected chi connectivity index (χ2v) is 4.20. The molecule has 0 saturated heterocycles. The molecule has 0 aliphatic carbocycles.